The van der Waals surface area contributed by atoms with E-state index in [-0.39, 0.29) is 5.97 Å². The normalized spacial score (nSPS) is 10.5. The molecule has 0 N–H and O–H groups in total. The smallest absolute Gasteiger partial charge is 0.309 e. The van der Waals surface area contributed by atoms with Crippen LogP contribution in [0.4, 0.5) is 0 Å². The lowest BCUT2D eigenvalue weighted by molar-refractivity contribution is -0.139. The number of methoxy groups -OCH3 is 1. The number of hydrogen-bond acceptors (Lipinski definition) is 2. The number of rotatable bonds is 4. The number of ether oxygens (including phenoxy) is 1. The highest BCUT2D eigenvalue weighted by Crippen LogP contribution is 2.08. The second-order valence-corrected chi connectivity index (χ2v) is 3.70. The highest BCUT2D eigenvalue weighted by molar-refractivity contribution is 9.09. The molecule has 0 fully saturated rings. The third-order valence-electron chi connectivity index (χ3n) is 1.93. The van der Waals surface area contributed by atoms with Gasteiger partial charge in [-0.15, -0.1) is 0 Å². The van der Waals surface area contributed by atoms with Gasteiger partial charge < -0.3 is 4.74 Å². The maximum absolute atomic E-state index is 11.1. The topological polar surface area (TPSA) is 26.3 Å². The van der Waals surface area contributed by atoms with Crippen molar-refractivity contribution < 1.29 is 9.53 Å². The molecule has 0 aromatic heterocycles. The third-order valence-corrected chi connectivity index (χ3v) is 2.30. The lowest BCUT2D eigenvalue weighted by Crippen LogP contribution is -2.04. The van der Waals surface area contributed by atoms with Crippen LogP contribution in [0.25, 0.3) is 6.08 Å². The fraction of sp³-hybridized carbons (Fsp3) is 0.250. The Labute approximate surface area is 98.1 Å². The summed E-state index contributed by atoms with van der Waals surface area (Å²) in [7, 11) is 1.40. The molecule has 0 bridgehead atoms. The van der Waals surface area contributed by atoms with Crippen LogP contribution in [0, 0.1) is 0 Å². The molecule has 15 heavy (non-hydrogen) atoms. The average molecular weight is 269 g/mol. The van der Waals surface area contributed by atoms with E-state index in [1.54, 1.807) is 0 Å². The lowest BCUT2D eigenvalue weighted by atomic mass is 10.1. The van der Waals surface area contributed by atoms with Crippen LogP contribution >= 0.6 is 15.9 Å². The number of hydrogen-bond donors (Lipinski definition) is 0. The summed E-state index contributed by atoms with van der Waals surface area (Å²) in [6.45, 7) is 0. The van der Waals surface area contributed by atoms with Crippen molar-refractivity contribution in [1.82, 2.24) is 0 Å². The van der Waals surface area contributed by atoms with Gasteiger partial charge in [0.1, 0.15) is 0 Å². The molecule has 0 spiro atoms. The molecule has 0 atom stereocenters. The molecular formula is C12H13BrO2. The van der Waals surface area contributed by atoms with Crippen LogP contribution < -0.4 is 0 Å². The van der Waals surface area contributed by atoms with Gasteiger partial charge >= 0.3 is 5.97 Å². The molecule has 0 heterocycles. The van der Waals surface area contributed by atoms with Crippen LogP contribution in [-0.2, 0) is 16.0 Å². The number of alkyl halides is 1. The van der Waals surface area contributed by atoms with Crippen molar-refractivity contribution in [3.8, 4) is 0 Å². The van der Waals surface area contributed by atoms with Gasteiger partial charge in [0, 0.05) is 5.33 Å². The molecule has 1 rings (SSSR count). The van der Waals surface area contributed by atoms with E-state index in [0.29, 0.717) is 6.42 Å². The second-order valence-electron chi connectivity index (χ2n) is 3.05. The van der Waals surface area contributed by atoms with Crippen LogP contribution in [0.1, 0.15) is 11.1 Å². The Hall–Kier alpha value is -1.09. The number of carbonyl (C=O) groups is 1. The monoisotopic (exact) mass is 268 g/mol. The molecule has 0 unspecified atom stereocenters. The Morgan fingerprint density at radius 1 is 1.53 bits per heavy atom. The lowest BCUT2D eigenvalue weighted by Gasteiger charge is -2.01. The van der Waals surface area contributed by atoms with Crippen molar-refractivity contribution >= 4 is 28.0 Å². The Kier molecular flexibility index (Phi) is 5.12. The molecule has 80 valence electrons. The molecular weight excluding hydrogens is 256 g/mol. The van der Waals surface area contributed by atoms with Crippen LogP contribution in [0.2, 0.25) is 0 Å². The summed E-state index contributed by atoms with van der Waals surface area (Å²) >= 11 is 3.32. The minimum atomic E-state index is -0.211. The predicted octanol–water partition coefficient (Wildman–Crippen LogP) is 2.81. The van der Waals surface area contributed by atoms with E-state index >= 15 is 0 Å². The van der Waals surface area contributed by atoms with Gasteiger partial charge in [-0.3, -0.25) is 4.79 Å². The molecule has 0 radical (unpaired) electrons. The minimum Gasteiger partial charge on any atom is -0.469 e. The van der Waals surface area contributed by atoms with Gasteiger partial charge in [0.25, 0.3) is 0 Å². The molecule has 0 amide bonds. The summed E-state index contributed by atoms with van der Waals surface area (Å²) < 4.78 is 4.61. The summed E-state index contributed by atoms with van der Waals surface area (Å²) in [5.41, 5.74) is 2.06. The van der Waals surface area contributed by atoms with Crippen molar-refractivity contribution in [2.45, 2.75) is 6.42 Å². The number of allylic oxidation sites excluding steroid dienone is 1. The Bertz CT molecular complexity index is 358. The molecule has 0 aliphatic rings. The maximum atomic E-state index is 11.1. The van der Waals surface area contributed by atoms with Gasteiger partial charge in [-0.2, -0.15) is 0 Å². The van der Waals surface area contributed by atoms with Crippen molar-refractivity contribution in [3.63, 3.8) is 0 Å². The number of esters is 1. The first kappa shape index (κ1) is 12.0. The first-order valence-corrected chi connectivity index (χ1v) is 5.76. The molecule has 3 heteroatoms. The summed E-state index contributed by atoms with van der Waals surface area (Å²) in [5.74, 6) is -0.211. The highest BCUT2D eigenvalue weighted by atomic mass is 79.9. The van der Waals surface area contributed by atoms with E-state index in [4.69, 9.17) is 0 Å². The van der Waals surface area contributed by atoms with E-state index in [2.05, 4.69) is 20.7 Å². The van der Waals surface area contributed by atoms with E-state index in [0.717, 1.165) is 16.5 Å². The summed E-state index contributed by atoms with van der Waals surface area (Å²) in [4.78, 5) is 11.1. The van der Waals surface area contributed by atoms with Crippen molar-refractivity contribution in [2.75, 3.05) is 12.4 Å². The van der Waals surface area contributed by atoms with Crippen molar-refractivity contribution in [3.05, 3.63) is 41.5 Å². The van der Waals surface area contributed by atoms with E-state index < -0.39 is 0 Å². The quantitative estimate of drug-likeness (QED) is 0.620. The third kappa shape index (κ3) is 4.30. The second kappa shape index (κ2) is 6.40. The van der Waals surface area contributed by atoms with Gasteiger partial charge in [0.05, 0.1) is 13.5 Å². The minimum absolute atomic E-state index is 0.211. The van der Waals surface area contributed by atoms with Gasteiger partial charge in [-0.1, -0.05) is 52.3 Å². The number of halogens is 1. The number of benzene rings is 1. The first-order chi connectivity index (χ1) is 7.26. The van der Waals surface area contributed by atoms with Crippen molar-refractivity contribution in [2.24, 2.45) is 0 Å². The number of carbonyl (C=O) groups excluding carboxylic acids is 1. The molecule has 1 aromatic rings. The molecule has 0 saturated carbocycles. The average Bonchev–Trinajstić information content (AvgIpc) is 2.26. The Morgan fingerprint density at radius 2 is 2.33 bits per heavy atom. The summed E-state index contributed by atoms with van der Waals surface area (Å²) in [6, 6.07) is 7.84. The largest absolute Gasteiger partial charge is 0.469 e. The van der Waals surface area contributed by atoms with E-state index in [9.17, 15) is 4.79 Å². The van der Waals surface area contributed by atoms with Crippen LogP contribution in [-0.4, -0.2) is 18.4 Å². The first-order valence-electron chi connectivity index (χ1n) is 4.64. The zero-order valence-corrected chi connectivity index (χ0v) is 10.2. The van der Waals surface area contributed by atoms with E-state index in [1.165, 1.54) is 7.11 Å². The van der Waals surface area contributed by atoms with Gasteiger partial charge in [-0.25, -0.2) is 0 Å². The zero-order chi connectivity index (χ0) is 11.1. The molecule has 0 aliphatic carbocycles. The van der Waals surface area contributed by atoms with Crippen molar-refractivity contribution in [1.29, 1.82) is 0 Å². The fourth-order valence-corrected chi connectivity index (χ4v) is 1.41. The van der Waals surface area contributed by atoms with Crippen LogP contribution in [0.15, 0.2) is 30.3 Å². The summed E-state index contributed by atoms with van der Waals surface area (Å²) in [6.07, 6.45) is 4.35. The zero-order valence-electron chi connectivity index (χ0n) is 8.57. The molecule has 1 aromatic carbocycles. The summed E-state index contributed by atoms with van der Waals surface area (Å²) in [5, 5.41) is 0.828. The van der Waals surface area contributed by atoms with Gasteiger partial charge in [0.15, 0.2) is 0 Å². The Morgan fingerprint density at radius 3 is 3.00 bits per heavy atom. The Balaban J connectivity index is 2.74. The van der Waals surface area contributed by atoms with Gasteiger partial charge in [0.2, 0.25) is 0 Å². The highest BCUT2D eigenvalue weighted by Gasteiger charge is 2.02. The van der Waals surface area contributed by atoms with Crippen LogP contribution in [0.3, 0.4) is 0 Å². The molecule has 0 aliphatic heterocycles. The van der Waals surface area contributed by atoms with Crippen LogP contribution in [0.5, 0.6) is 0 Å². The maximum Gasteiger partial charge on any atom is 0.309 e. The fourth-order valence-electron chi connectivity index (χ4n) is 1.23. The molecule has 2 nitrogen and oxygen atoms in total. The predicted molar refractivity (Wildman–Crippen MR) is 65.0 cm³/mol. The standard InChI is InChI=1S/C12H13BrO2/c1-15-12(14)9-11-5-2-4-10(8-11)6-3-7-13/h2-6,8H,7,9H2,1H3/b6-3+. The van der Waals surface area contributed by atoms with Gasteiger partial charge in [-0.05, 0) is 11.1 Å². The molecule has 0 saturated heterocycles. The van der Waals surface area contributed by atoms with E-state index in [1.807, 2.05) is 36.4 Å². The SMILES string of the molecule is COC(=O)Cc1cccc(/C=C/CBr)c1.